The van der Waals surface area contributed by atoms with Gasteiger partial charge in [-0.15, -0.1) is 0 Å². The molecule has 1 saturated heterocycles. The van der Waals surface area contributed by atoms with Gasteiger partial charge in [0.05, 0.1) is 11.9 Å². The van der Waals surface area contributed by atoms with Crippen molar-refractivity contribution < 1.29 is 23.5 Å². The number of carbonyl (C=O) groups excluding carboxylic acids is 1. The van der Waals surface area contributed by atoms with Crippen molar-refractivity contribution in [1.82, 2.24) is 19.5 Å². The van der Waals surface area contributed by atoms with E-state index in [1.807, 2.05) is 6.07 Å². The number of aromatic carboxylic acids is 1. The lowest BCUT2D eigenvalue weighted by molar-refractivity contribution is 0.0421. The third kappa shape index (κ3) is 4.15. The van der Waals surface area contributed by atoms with Gasteiger partial charge in [-0.3, -0.25) is 4.79 Å². The van der Waals surface area contributed by atoms with E-state index in [1.165, 1.54) is 21.7 Å². The highest BCUT2D eigenvalue weighted by atomic mass is 19.1. The fourth-order valence-corrected chi connectivity index (χ4v) is 4.48. The molecule has 1 aliphatic heterocycles. The maximum atomic E-state index is 15.6. The van der Waals surface area contributed by atoms with Gasteiger partial charge >= 0.3 is 5.97 Å². The van der Waals surface area contributed by atoms with E-state index in [0.717, 1.165) is 11.8 Å². The molecule has 3 heterocycles. The summed E-state index contributed by atoms with van der Waals surface area (Å²) in [5.41, 5.74) is -0.186. The molecule has 184 valence electrons. The predicted molar refractivity (Wildman–Crippen MR) is 129 cm³/mol. The fourth-order valence-electron chi connectivity index (χ4n) is 4.48. The first-order chi connectivity index (χ1) is 17.3. The Labute approximate surface area is 205 Å². The van der Waals surface area contributed by atoms with Crippen molar-refractivity contribution >= 4 is 29.0 Å². The van der Waals surface area contributed by atoms with Crippen LogP contribution in [0.4, 0.5) is 20.3 Å². The standard InChI is InChI=1S/C26H23F2N5O3/c1-16-7-8-20(27)21(13-16)31-23-18(14-29-22-19(25(35)36)15-30-33(22)23)24(34)32-11-9-26(28,10-12-32)17-5-3-2-4-6-17/h2-8,13-15,31H,9-12H2,1H3,(H,35,36). The summed E-state index contributed by atoms with van der Waals surface area (Å²) < 4.78 is 31.4. The molecule has 5 rings (SSSR count). The molecule has 0 unspecified atom stereocenters. The van der Waals surface area contributed by atoms with E-state index in [9.17, 15) is 19.1 Å². The SMILES string of the molecule is Cc1ccc(F)c(Nc2c(C(=O)N3CCC(F)(c4ccccc4)CC3)cnc3c(C(=O)O)cnn23)c1. The monoisotopic (exact) mass is 491 g/mol. The number of likely N-dealkylation sites (tertiary alicyclic amines) is 1. The maximum Gasteiger partial charge on any atom is 0.341 e. The minimum Gasteiger partial charge on any atom is -0.477 e. The minimum atomic E-state index is -1.54. The zero-order valence-corrected chi connectivity index (χ0v) is 19.4. The summed E-state index contributed by atoms with van der Waals surface area (Å²) in [6, 6.07) is 13.3. The summed E-state index contributed by atoms with van der Waals surface area (Å²) in [6.45, 7) is 2.12. The molecule has 0 spiro atoms. The highest BCUT2D eigenvalue weighted by Gasteiger charge is 2.38. The van der Waals surface area contributed by atoms with Crippen LogP contribution >= 0.6 is 0 Å². The molecule has 0 atom stereocenters. The van der Waals surface area contributed by atoms with Gasteiger partial charge in [0.1, 0.15) is 28.4 Å². The molecule has 10 heteroatoms. The van der Waals surface area contributed by atoms with E-state index in [2.05, 4.69) is 15.4 Å². The zero-order valence-electron chi connectivity index (χ0n) is 19.4. The second kappa shape index (κ2) is 9.03. The molecule has 36 heavy (non-hydrogen) atoms. The second-order valence-electron chi connectivity index (χ2n) is 8.85. The smallest absolute Gasteiger partial charge is 0.341 e. The number of anilines is 2. The summed E-state index contributed by atoms with van der Waals surface area (Å²) in [6.07, 6.45) is 2.61. The first-order valence-corrected chi connectivity index (χ1v) is 11.4. The molecule has 1 aliphatic rings. The van der Waals surface area contributed by atoms with E-state index in [0.29, 0.717) is 5.56 Å². The molecule has 0 radical (unpaired) electrons. The van der Waals surface area contributed by atoms with Gasteiger partial charge in [-0.2, -0.15) is 9.61 Å². The average molecular weight is 491 g/mol. The van der Waals surface area contributed by atoms with Crippen molar-refractivity contribution in [3.8, 4) is 0 Å². The van der Waals surface area contributed by atoms with Crippen molar-refractivity contribution in [3.63, 3.8) is 0 Å². The van der Waals surface area contributed by atoms with E-state index >= 15 is 4.39 Å². The van der Waals surface area contributed by atoms with Crippen LogP contribution in [0.5, 0.6) is 0 Å². The van der Waals surface area contributed by atoms with E-state index < -0.39 is 23.4 Å². The molecule has 0 bridgehead atoms. The Kier molecular flexibility index (Phi) is 5.87. The number of halogens is 2. The second-order valence-corrected chi connectivity index (χ2v) is 8.85. The van der Waals surface area contributed by atoms with E-state index in [-0.39, 0.29) is 54.2 Å². The number of carboxylic acid groups (broad SMARTS) is 1. The highest BCUT2D eigenvalue weighted by molar-refractivity contribution is 6.01. The fraction of sp³-hybridized carbons (Fsp3) is 0.231. The number of nitrogens with zero attached hydrogens (tertiary/aromatic N) is 4. The number of benzene rings is 2. The summed E-state index contributed by atoms with van der Waals surface area (Å²) in [7, 11) is 0. The number of rotatable bonds is 5. The number of amides is 1. The molecule has 0 saturated carbocycles. The quantitative estimate of drug-likeness (QED) is 0.419. The Bertz CT molecular complexity index is 1460. The first kappa shape index (κ1) is 23.4. The van der Waals surface area contributed by atoms with Crippen LogP contribution in [0.1, 0.15) is 44.7 Å². The van der Waals surface area contributed by atoms with Crippen molar-refractivity contribution in [2.75, 3.05) is 18.4 Å². The molecule has 2 aromatic carbocycles. The van der Waals surface area contributed by atoms with E-state index in [4.69, 9.17) is 0 Å². The minimum absolute atomic E-state index is 0.000100. The Morgan fingerprint density at radius 1 is 1.06 bits per heavy atom. The van der Waals surface area contributed by atoms with Gasteiger partial charge in [0.2, 0.25) is 0 Å². The van der Waals surface area contributed by atoms with Gasteiger partial charge in [-0.1, -0.05) is 36.4 Å². The number of carboxylic acids is 1. The van der Waals surface area contributed by atoms with Gasteiger partial charge in [0.25, 0.3) is 5.91 Å². The molecular weight excluding hydrogens is 468 g/mol. The number of alkyl halides is 1. The Balaban J connectivity index is 1.50. The van der Waals surface area contributed by atoms with Crippen LogP contribution in [0.25, 0.3) is 5.65 Å². The van der Waals surface area contributed by atoms with E-state index in [1.54, 1.807) is 43.3 Å². The van der Waals surface area contributed by atoms with Crippen LogP contribution in [0.2, 0.25) is 0 Å². The maximum absolute atomic E-state index is 15.6. The molecule has 2 N–H and O–H groups in total. The largest absolute Gasteiger partial charge is 0.477 e. The summed E-state index contributed by atoms with van der Waals surface area (Å²) in [5, 5.41) is 16.5. The van der Waals surface area contributed by atoms with Gasteiger partial charge in [-0.25, -0.2) is 18.6 Å². The first-order valence-electron chi connectivity index (χ1n) is 11.4. The van der Waals surface area contributed by atoms with Gasteiger partial charge in [-0.05, 0) is 30.2 Å². The third-order valence-corrected chi connectivity index (χ3v) is 6.50. The van der Waals surface area contributed by atoms with Crippen molar-refractivity contribution in [2.45, 2.75) is 25.4 Å². The predicted octanol–water partition coefficient (Wildman–Crippen LogP) is 4.72. The van der Waals surface area contributed by atoms with Crippen LogP contribution < -0.4 is 5.32 Å². The zero-order chi connectivity index (χ0) is 25.4. The number of carbonyl (C=O) groups is 2. The number of aryl methyl sites for hydroxylation is 1. The number of piperidine rings is 1. The normalized spacial score (nSPS) is 15.1. The molecule has 0 aliphatic carbocycles. The molecule has 4 aromatic rings. The van der Waals surface area contributed by atoms with Gasteiger partial charge < -0.3 is 15.3 Å². The number of nitrogens with one attached hydrogen (secondary N) is 1. The molecule has 2 aromatic heterocycles. The van der Waals surface area contributed by atoms with Gasteiger partial charge in [0, 0.05) is 32.1 Å². The lowest BCUT2D eigenvalue weighted by atomic mass is 9.86. The Hall–Kier alpha value is -4.34. The molecule has 1 amide bonds. The molecule has 1 fully saturated rings. The summed E-state index contributed by atoms with van der Waals surface area (Å²) >= 11 is 0. The lowest BCUT2D eigenvalue weighted by Crippen LogP contribution is -2.43. The van der Waals surface area contributed by atoms with Gasteiger partial charge in [0.15, 0.2) is 5.65 Å². The molecule has 8 nitrogen and oxygen atoms in total. The molecular formula is C26H23F2N5O3. The van der Waals surface area contributed by atoms with Crippen LogP contribution in [0.3, 0.4) is 0 Å². The van der Waals surface area contributed by atoms with Crippen LogP contribution in [-0.2, 0) is 5.67 Å². The summed E-state index contributed by atoms with van der Waals surface area (Å²) in [5.74, 6) is -2.16. The van der Waals surface area contributed by atoms with Crippen LogP contribution in [0, 0.1) is 12.7 Å². The van der Waals surface area contributed by atoms with Crippen molar-refractivity contribution in [3.05, 3.63) is 89.0 Å². The van der Waals surface area contributed by atoms with Crippen molar-refractivity contribution in [1.29, 1.82) is 0 Å². The van der Waals surface area contributed by atoms with Crippen LogP contribution in [-0.4, -0.2) is 49.6 Å². The Morgan fingerprint density at radius 2 is 1.78 bits per heavy atom. The average Bonchev–Trinajstić information content (AvgIpc) is 3.32. The number of fused-ring (bicyclic) bond motifs is 1. The number of hydrogen-bond acceptors (Lipinski definition) is 5. The summed E-state index contributed by atoms with van der Waals surface area (Å²) in [4.78, 5) is 30.8. The number of hydrogen-bond donors (Lipinski definition) is 2. The highest BCUT2D eigenvalue weighted by Crippen LogP contribution is 2.37. The van der Waals surface area contributed by atoms with Crippen molar-refractivity contribution in [2.24, 2.45) is 0 Å². The number of aromatic nitrogens is 3. The van der Waals surface area contributed by atoms with Crippen LogP contribution in [0.15, 0.2) is 60.9 Å². The lowest BCUT2D eigenvalue weighted by Gasteiger charge is -2.37. The Morgan fingerprint density at radius 3 is 2.47 bits per heavy atom. The topological polar surface area (TPSA) is 99.8 Å². The third-order valence-electron chi connectivity index (χ3n) is 6.50.